The minimum absolute atomic E-state index is 0.0784. The van der Waals surface area contributed by atoms with Gasteiger partial charge in [0.05, 0.1) is 10.6 Å². The van der Waals surface area contributed by atoms with E-state index in [-0.39, 0.29) is 4.90 Å². The largest absolute Gasteiger partial charge is 0.272 e. The minimum atomic E-state index is -4.06. The van der Waals surface area contributed by atoms with E-state index < -0.39 is 15.9 Å². The summed E-state index contributed by atoms with van der Waals surface area (Å²) in [6.45, 7) is 5.65. The van der Waals surface area contributed by atoms with Crippen LogP contribution in [-0.2, 0) is 10.0 Å². The molecule has 0 atom stereocenters. The topological polar surface area (TPSA) is 54.5 Å². The summed E-state index contributed by atoms with van der Waals surface area (Å²) < 4.78 is 27.5. The molecule has 0 fully saturated rings. The van der Waals surface area contributed by atoms with Crippen LogP contribution >= 0.6 is 0 Å². The van der Waals surface area contributed by atoms with Gasteiger partial charge >= 0.3 is 0 Å². The van der Waals surface area contributed by atoms with E-state index in [4.69, 9.17) is 0 Å². The Morgan fingerprint density at radius 1 is 0.741 bits per heavy atom. The van der Waals surface area contributed by atoms with Crippen molar-refractivity contribution < 1.29 is 13.2 Å². The number of carbonyl (C=O) groups excluding carboxylic acids is 1. The molecule has 0 aliphatic carbocycles. The summed E-state index contributed by atoms with van der Waals surface area (Å²) in [5, 5.41) is 0. The van der Waals surface area contributed by atoms with Crippen LogP contribution < -0.4 is 4.31 Å². The average Bonchev–Trinajstić information content (AvgIpc) is 2.63. The molecule has 3 rings (SSSR count). The van der Waals surface area contributed by atoms with Crippen LogP contribution in [-0.4, -0.2) is 14.3 Å². The monoisotopic (exact) mass is 379 g/mol. The van der Waals surface area contributed by atoms with Crippen LogP contribution in [0.5, 0.6) is 0 Å². The van der Waals surface area contributed by atoms with Gasteiger partial charge in [-0.1, -0.05) is 53.1 Å². The number of amides is 1. The number of benzene rings is 3. The maximum Gasteiger partial charge on any atom is 0.272 e. The van der Waals surface area contributed by atoms with Gasteiger partial charge in [0.15, 0.2) is 0 Å². The number of hydrogen-bond acceptors (Lipinski definition) is 3. The van der Waals surface area contributed by atoms with Gasteiger partial charge in [0.1, 0.15) is 0 Å². The van der Waals surface area contributed by atoms with E-state index >= 15 is 0 Å². The molecule has 27 heavy (non-hydrogen) atoms. The Bertz CT molecular complexity index is 1070. The molecule has 0 radical (unpaired) electrons. The Morgan fingerprint density at radius 3 is 1.85 bits per heavy atom. The van der Waals surface area contributed by atoms with Crippen molar-refractivity contribution >= 4 is 21.6 Å². The average molecular weight is 379 g/mol. The second kappa shape index (κ2) is 7.37. The van der Waals surface area contributed by atoms with Gasteiger partial charge in [0.25, 0.3) is 15.9 Å². The summed E-state index contributed by atoms with van der Waals surface area (Å²) in [5.74, 6) is -0.580. The van der Waals surface area contributed by atoms with Crippen LogP contribution in [0.15, 0.2) is 77.7 Å². The number of sulfonamides is 1. The van der Waals surface area contributed by atoms with Crippen LogP contribution in [0.25, 0.3) is 0 Å². The van der Waals surface area contributed by atoms with Crippen LogP contribution in [0, 0.1) is 20.8 Å². The summed E-state index contributed by atoms with van der Waals surface area (Å²) in [4.78, 5) is 13.3. The van der Waals surface area contributed by atoms with Gasteiger partial charge in [-0.3, -0.25) is 4.79 Å². The van der Waals surface area contributed by atoms with Crippen molar-refractivity contribution in [3.8, 4) is 0 Å². The van der Waals surface area contributed by atoms with Crippen LogP contribution in [0.4, 0.5) is 5.69 Å². The predicted molar refractivity (Wildman–Crippen MR) is 108 cm³/mol. The van der Waals surface area contributed by atoms with Gasteiger partial charge in [-0.25, -0.2) is 8.42 Å². The molecule has 0 heterocycles. The highest BCUT2D eigenvalue weighted by molar-refractivity contribution is 7.93. The number of anilines is 1. The molecule has 0 N–H and O–H groups in total. The van der Waals surface area contributed by atoms with Crippen molar-refractivity contribution in [3.05, 3.63) is 95.1 Å². The van der Waals surface area contributed by atoms with Crippen LogP contribution in [0.2, 0.25) is 0 Å². The lowest BCUT2D eigenvalue weighted by atomic mass is 10.1. The molecule has 5 heteroatoms. The second-order valence-corrected chi connectivity index (χ2v) is 8.38. The van der Waals surface area contributed by atoms with Crippen molar-refractivity contribution in [1.29, 1.82) is 0 Å². The Morgan fingerprint density at radius 2 is 1.30 bits per heavy atom. The highest BCUT2D eigenvalue weighted by atomic mass is 32.2. The van der Waals surface area contributed by atoms with Gasteiger partial charge in [-0.15, -0.1) is 0 Å². The van der Waals surface area contributed by atoms with E-state index in [1.165, 1.54) is 12.1 Å². The van der Waals surface area contributed by atoms with Crippen molar-refractivity contribution in [1.82, 2.24) is 0 Å². The zero-order valence-corrected chi connectivity index (χ0v) is 16.3. The summed E-state index contributed by atoms with van der Waals surface area (Å²) in [7, 11) is -4.06. The number of rotatable bonds is 4. The van der Waals surface area contributed by atoms with Crippen molar-refractivity contribution in [2.75, 3.05) is 4.31 Å². The van der Waals surface area contributed by atoms with Crippen molar-refractivity contribution in [2.24, 2.45) is 0 Å². The summed E-state index contributed by atoms with van der Waals surface area (Å²) in [5.41, 5.74) is 3.45. The molecule has 138 valence electrons. The first kappa shape index (κ1) is 18.9. The quantitative estimate of drug-likeness (QED) is 0.663. The number of carbonyl (C=O) groups is 1. The Kier molecular flexibility index (Phi) is 5.15. The summed E-state index contributed by atoms with van der Waals surface area (Å²) >= 11 is 0. The smallest absolute Gasteiger partial charge is 0.268 e. The fraction of sp³-hybridized carbons (Fsp3) is 0.136. The zero-order valence-electron chi connectivity index (χ0n) is 15.5. The first-order chi connectivity index (χ1) is 12.8. The maximum absolute atomic E-state index is 13.3. The molecule has 0 bridgehead atoms. The zero-order chi connectivity index (χ0) is 19.6. The first-order valence-electron chi connectivity index (χ1n) is 8.59. The number of hydrogen-bond donors (Lipinski definition) is 0. The molecule has 0 aliphatic rings. The van der Waals surface area contributed by atoms with Gasteiger partial charge in [-0.05, 0) is 57.2 Å². The molecule has 3 aromatic carbocycles. The molecular formula is C22H21NO3S. The van der Waals surface area contributed by atoms with E-state index in [2.05, 4.69) is 0 Å². The number of nitrogens with zero attached hydrogens (tertiary/aromatic N) is 1. The van der Waals surface area contributed by atoms with E-state index in [1.54, 1.807) is 54.6 Å². The molecule has 0 spiro atoms. The molecule has 3 aromatic rings. The van der Waals surface area contributed by atoms with Gasteiger partial charge in [0.2, 0.25) is 0 Å². The Labute approximate surface area is 160 Å². The van der Waals surface area contributed by atoms with Gasteiger partial charge in [0, 0.05) is 5.56 Å². The molecule has 4 nitrogen and oxygen atoms in total. The summed E-state index contributed by atoms with van der Waals surface area (Å²) in [6, 6.07) is 20.3. The Hall–Kier alpha value is -2.92. The lowest BCUT2D eigenvalue weighted by Crippen LogP contribution is -2.37. The fourth-order valence-corrected chi connectivity index (χ4v) is 4.17. The third-order valence-electron chi connectivity index (χ3n) is 4.28. The highest BCUT2D eigenvalue weighted by Gasteiger charge is 2.31. The normalized spacial score (nSPS) is 11.2. The van der Waals surface area contributed by atoms with Crippen molar-refractivity contribution in [3.63, 3.8) is 0 Å². The molecular weight excluding hydrogens is 358 g/mol. The number of aryl methyl sites for hydroxylation is 3. The standard InChI is InChI=1S/C22H21NO3S/c1-16-7-11-20(12-8-16)23(22(24)19-6-4-5-18(3)15-19)27(25,26)21-13-9-17(2)10-14-21/h4-15H,1-3H3. The molecule has 1 amide bonds. The highest BCUT2D eigenvalue weighted by Crippen LogP contribution is 2.27. The summed E-state index contributed by atoms with van der Waals surface area (Å²) in [6.07, 6.45) is 0. The van der Waals surface area contributed by atoms with E-state index in [9.17, 15) is 13.2 Å². The molecule has 0 aromatic heterocycles. The minimum Gasteiger partial charge on any atom is -0.268 e. The van der Waals surface area contributed by atoms with Gasteiger partial charge in [-0.2, -0.15) is 4.31 Å². The van der Waals surface area contributed by atoms with Crippen LogP contribution in [0.1, 0.15) is 27.0 Å². The fourth-order valence-electron chi connectivity index (χ4n) is 2.76. The van der Waals surface area contributed by atoms with Crippen LogP contribution in [0.3, 0.4) is 0 Å². The predicted octanol–water partition coefficient (Wildman–Crippen LogP) is 4.65. The second-order valence-electron chi connectivity index (χ2n) is 6.59. The van der Waals surface area contributed by atoms with E-state index in [0.29, 0.717) is 11.3 Å². The van der Waals surface area contributed by atoms with E-state index in [1.807, 2.05) is 26.8 Å². The molecule has 0 unspecified atom stereocenters. The molecule has 0 saturated heterocycles. The lowest BCUT2D eigenvalue weighted by molar-refractivity contribution is 0.101. The van der Waals surface area contributed by atoms with E-state index in [0.717, 1.165) is 21.0 Å². The Balaban J connectivity index is 2.16. The van der Waals surface area contributed by atoms with Gasteiger partial charge < -0.3 is 0 Å². The third-order valence-corrected chi connectivity index (χ3v) is 6.00. The van der Waals surface area contributed by atoms with Crippen molar-refractivity contribution in [2.45, 2.75) is 25.7 Å². The lowest BCUT2D eigenvalue weighted by Gasteiger charge is -2.23. The molecule has 0 saturated carbocycles. The molecule has 0 aliphatic heterocycles. The third kappa shape index (κ3) is 3.93. The first-order valence-corrected chi connectivity index (χ1v) is 10.0. The maximum atomic E-state index is 13.3. The SMILES string of the molecule is Cc1ccc(N(C(=O)c2cccc(C)c2)S(=O)(=O)c2ccc(C)cc2)cc1.